The molecule has 0 spiro atoms. The average molecular weight is 447 g/mol. The minimum absolute atomic E-state index is 0.509. The normalized spacial score (nSPS) is 11.3. The van der Waals surface area contributed by atoms with Crippen LogP contribution in [0.25, 0.3) is 43.9 Å². The summed E-state index contributed by atoms with van der Waals surface area (Å²) in [7, 11) is 0. The lowest BCUT2D eigenvalue weighted by atomic mass is 10.1. The van der Waals surface area contributed by atoms with Crippen LogP contribution in [0, 0.1) is 6.92 Å². The fourth-order valence-electron chi connectivity index (χ4n) is 4.02. The van der Waals surface area contributed by atoms with E-state index in [-0.39, 0.29) is 0 Å². The molecule has 6 rings (SSSR count). The standard InChI is InChI=1S/C26H18N6S/c1-15-6-8-16(9-7-15)29-26(33)30-17-10-11-20-21(14-17)32-25-23-19(5-3-13-28-23)18-4-2-12-27-22(18)24(25)31-20/h2-14H,1H3,(H2,29,30,33). The van der Waals surface area contributed by atoms with Gasteiger partial charge in [-0.3, -0.25) is 9.97 Å². The second kappa shape index (κ2) is 7.72. The lowest BCUT2D eigenvalue weighted by Crippen LogP contribution is -2.19. The molecule has 0 radical (unpaired) electrons. The van der Waals surface area contributed by atoms with Crippen LogP contribution in [-0.4, -0.2) is 25.0 Å². The fourth-order valence-corrected chi connectivity index (χ4v) is 4.25. The Morgan fingerprint density at radius 1 is 0.667 bits per heavy atom. The Hall–Kier alpha value is -4.23. The van der Waals surface area contributed by atoms with Gasteiger partial charge in [0.2, 0.25) is 0 Å². The summed E-state index contributed by atoms with van der Waals surface area (Å²) in [4.78, 5) is 19.1. The van der Waals surface area contributed by atoms with Crippen molar-refractivity contribution in [2.75, 3.05) is 10.6 Å². The number of aryl methyl sites for hydroxylation is 1. The van der Waals surface area contributed by atoms with Crippen LogP contribution in [0.15, 0.2) is 79.1 Å². The fraction of sp³-hybridized carbons (Fsp3) is 0.0385. The van der Waals surface area contributed by atoms with Gasteiger partial charge in [-0.1, -0.05) is 29.8 Å². The zero-order chi connectivity index (χ0) is 22.4. The average Bonchev–Trinajstić information content (AvgIpc) is 2.84. The lowest BCUT2D eigenvalue weighted by molar-refractivity contribution is 1.35. The maximum absolute atomic E-state index is 5.49. The molecular formula is C26H18N6S. The number of fused-ring (bicyclic) bond motifs is 7. The molecule has 0 atom stereocenters. The summed E-state index contributed by atoms with van der Waals surface area (Å²) >= 11 is 5.49. The van der Waals surface area contributed by atoms with Crippen LogP contribution in [0.5, 0.6) is 0 Å². The van der Waals surface area contributed by atoms with Gasteiger partial charge in [0.15, 0.2) is 5.11 Å². The molecular weight excluding hydrogens is 428 g/mol. The zero-order valence-corrected chi connectivity index (χ0v) is 18.5. The number of hydrogen-bond acceptors (Lipinski definition) is 5. The van der Waals surface area contributed by atoms with E-state index in [1.54, 1.807) is 12.4 Å². The Morgan fingerprint density at radius 2 is 1.24 bits per heavy atom. The van der Waals surface area contributed by atoms with E-state index >= 15 is 0 Å². The SMILES string of the molecule is Cc1ccc(NC(=S)Nc2ccc3nc4c5ncccc5c5cccnc5c4nc3c2)cc1. The minimum Gasteiger partial charge on any atom is -0.332 e. The van der Waals surface area contributed by atoms with E-state index in [9.17, 15) is 0 Å². The van der Waals surface area contributed by atoms with Crippen molar-refractivity contribution in [2.24, 2.45) is 0 Å². The quantitative estimate of drug-likeness (QED) is 0.192. The predicted molar refractivity (Wildman–Crippen MR) is 139 cm³/mol. The molecule has 3 heterocycles. The van der Waals surface area contributed by atoms with E-state index in [0.29, 0.717) is 5.11 Å². The molecule has 0 aliphatic rings. The zero-order valence-electron chi connectivity index (χ0n) is 17.7. The van der Waals surface area contributed by atoms with Crippen molar-refractivity contribution >= 4 is 72.6 Å². The molecule has 0 aliphatic heterocycles. The number of pyridine rings is 2. The molecule has 0 amide bonds. The van der Waals surface area contributed by atoms with E-state index in [1.165, 1.54) is 5.56 Å². The Labute approximate surface area is 194 Å². The van der Waals surface area contributed by atoms with Crippen molar-refractivity contribution in [1.29, 1.82) is 0 Å². The van der Waals surface area contributed by atoms with E-state index in [1.807, 2.05) is 66.7 Å². The molecule has 7 heteroatoms. The van der Waals surface area contributed by atoms with Crippen LogP contribution in [0.2, 0.25) is 0 Å². The number of nitrogens with zero attached hydrogens (tertiary/aromatic N) is 4. The first-order chi connectivity index (χ1) is 16.2. The van der Waals surface area contributed by atoms with Crippen molar-refractivity contribution in [3.05, 3.63) is 84.7 Å². The number of anilines is 2. The van der Waals surface area contributed by atoms with Crippen LogP contribution in [0.4, 0.5) is 11.4 Å². The van der Waals surface area contributed by atoms with Crippen molar-refractivity contribution in [3.8, 4) is 0 Å². The summed E-state index contributed by atoms with van der Waals surface area (Å²) in [6, 6.07) is 21.9. The van der Waals surface area contributed by atoms with Gasteiger partial charge in [-0.2, -0.15) is 0 Å². The van der Waals surface area contributed by atoms with E-state index in [2.05, 4.69) is 27.5 Å². The van der Waals surface area contributed by atoms with Crippen molar-refractivity contribution in [2.45, 2.75) is 6.92 Å². The number of thiocarbonyl (C=S) groups is 1. The van der Waals surface area contributed by atoms with Crippen LogP contribution in [0.3, 0.4) is 0 Å². The first-order valence-corrected chi connectivity index (χ1v) is 10.9. The van der Waals surface area contributed by atoms with Crippen molar-refractivity contribution in [3.63, 3.8) is 0 Å². The molecule has 2 N–H and O–H groups in total. The molecule has 158 valence electrons. The molecule has 6 nitrogen and oxygen atoms in total. The van der Waals surface area contributed by atoms with Gasteiger partial charge in [-0.05, 0) is 61.6 Å². The van der Waals surface area contributed by atoms with Crippen molar-refractivity contribution < 1.29 is 0 Å². The molecule has 6 aromatic rings. The highest BCUT2D eigenvalue weighted by Gasteiger charge is 2.14. The van der Waals surface area contributed by atoms with Crippen LogP contribution < -0.4 is 10.6 Å². The summed E-state index contributed by atoms with van der Waals surface area (Å²) in [6.07, 6.45) is 3.56. The number of nitrogens with one attached hydrogen (secondary N) is 2. The highest BCUT2D eigenvalue weighted by molar-refractivity contribution is 7.80. The Morgan fingerprint density at radius 3 is 1.91 bits per heavy atom. The molecule has 0 bridgehead atoms. The van der Waals surface area contributed by atoms with E-state index in [0.717, 1.165) is 55.2 Å². The first-order valence-electron chi connectivity index (χ1n) is 10.5. The maximum Gasteiger partial charge on any atom is 0.175 e. The lowest BCUT2D eigenvalue weighted by Gasteiger charge is -2.12. The van der Waals surface area contributed by atoms with Crippen molar-refractivity contribution in [1.82, 2.24) is 19.9 Å². The Bertz CT molecular complexity index is 1700. The number of hydrogen-bond donors (Lipinski definition) is 2. The molecule has 3 aromatic heterocycles. The molecule has 0 saturated carbocycles. The largest absolute Gasteiger partial charge is 0.332 e. The monoisotopic (exact) mass is 446 g/mol. The van der Waals surface area contributed by atoms with Gasteiger partial charge in [0.05, 0.1) is 22.1 Å². The predicted octanol–water partition coefficient (Wildman–Crippen LogP) is 6.00. The summed E-state index contributed by atoms with van der Waals surface area (Å²) in [5.41, 5.74) is 7.64. The minimum atomic E-state index is 0.509. The molecule has 0 fully saturated rings. The third-order valence-electron chi connectivity index (χ3n) is 5.59. The highest BCUT2D eigenvalue weighted by atomic mass is 32.1. The smallest absolute Gasteiger partial charge is 0.175 e. The molecule has 0 unspecified atom stereocenters. The highest BCUT2D eigenvalue weighted by Crippen LogP contribution is 2.32. The van der Waals surface area contributed by atoms with Gasteiger partial charge < -0.3 is 10.6 Å². The van der Waals surface area contributed by atoms with Gasteiger partial charge in [0.1, 0.15) is 11.0 Å². The third-order valence-corrected chi connectivity index (χ3v) is 5.79. The van der Waals surface area contributed by atoms with E-state index in [4.69, 9.17) is 22.2 Å². The molecule has 33 heavy (non-hydrogen) atoms. The third kappa shape index (κ3) is 3.48. The summed E-state index contributed by atoms with van der Waals surface area (Å²) < 4.78 is 0. The summed E-state index contributed by atoms with van der Waals surface area (Å²) in [5, 5.41) is 8.99. The van der Waals surface area contributed by atoms with Gasteiger partial charge in [-0.25, -0.2) is 9.97 Å². The number of benzene rings is 3. The maximum atomic E-state index is 5.49. The van der Waals surface area contributed by atoms with Gasteiger partial charge in [0.25, 0.3) is 0 Å². The number of rotatable bonds is 2. The molecule has 0 saturated heterocycles. The van der Waals surface area contributed by atoms with E-state index < -0.39 is 0 Å². The van der Waals surface area contributed by atoms with Gasteiger partial charge >= 0.3 is 0 Å². The summed E-state index contributed by atoms with van der Waals surface area (Å²) in [6.45, 7) is 2.05. The Kier molecular flexibility index (Phi) is 4.55. The molecule has 0 aliphatic carbocycles. The second-order valence-corrected chi connectivity index (χ2v) is 8.28. The number of aromatic nitrogens is 4. The topological polar surface area (TPSA) is 75.6 Å². The Balaban J connectivity index is 1.44. The summed E-state index contributed by atoms with van der Waals surface area (Å²) in [5.74, 6) is 0. The van der Waals surface area contributed by atoms with Gasteiger partial charge in [0, 0.05) is 34.5 Å². The van der Waals surface area contributed by atoms with Crippen LogP contribution >= 0.6 is 12.2 Å². The van der Waals surface area contributed by atoms with Crippen LogP contribution in [-0.2, 0) is 0 Å². The first kappa shape index (κ1) is 19.5. The van der Waals surface area contributed by atoms with Crippen LogP contribution in [0.1, 0.15) is 5.56 Å². The van der Waals surface area contributed by atoms with Gasteiger partial charge in [-0.15, -0.1) is 0 Å². The second-order valence-electron chi connectivity index (χ2n) is 7.87. The molecule has 3 aromatic carbocycles.